The Balaban J connectivity index is 1.29. The summed E-state index contributed by atoms with van der Waals surface area (Å²) in [6, 6.07) is 3.87. The van der Waals surface area contributed by atoms with E-state index in [1.54, 1.807) is 0 Å². The third kappa shape index (κ3) is 4.06. The molecule has 2 heterocycles. The summed E-state index contributed by atoms with van der Waals surface area (Å²) in [5.74, 6) is 1.48. The fourth-order valence-corrected chi connectivity index (χ4v) is 3.77. The monoisotopic (exact) mass is 381 g/mol. The lowest BCUT2D eigenvalue weighted by Crippen LogP contribution is -2.51. The van der Waals surface area contributed by atoms with Crippen molar-refractivity contribution in [2.75, 3.05) is 5.32 Å². The lowest BCUT2D eigenvalue weighted by molar-refractivity contribution is 0.0813. The van der Waals surface area contributed by atoms with Crippen LogP contribution in [-0.4, -0.2) is 37.9 Å². The van der Waals surface area contributed by atoms with E-state index < -0.39 is 0 Å². The van der Waals surface area contributed by atoms with Crippen LogP contribution in [0, 0.1) is 11.3 Å². The summed E-state index contributed by atoms with van der Waals surface area (Å²) in [6.45, 7) is 2.06. The van der Waals surface area contributed by atoms with Gasteiger partial charge in [0.15, 0.2) is 5.69 Å². The van der Waals surface area contributed by atoms with Gasteiger partial charge in [-0.15, -0.1) is 0 Å². The van der Waals surface area contributed by atoms with Crippen molar-refractivity contribution < 1.29 is 9.53 Å². The van der Waals surface area contributed by atoms with Crippen molar-refractivity contribution in [3.05, 3.63) is 29.8 Å². The van der Waals surface area contributed by atoms with E-state index in [4.69, 9.17) is 10.00 Å². The first-order chi connectivity index (χ1) is 13.5. The van der Waals surface area contributed by atoms with Gasteiger partial charge < -0.3 is 15.4 Å². The van der Waals surface area contributed by atoms with Crippen LogP contribution in [0.25, 0.3) is 0 Å². The summed E-state index contributed by atoms with van der Waals surface area (Å²) >= 11 is 0. The van der Waals surface area contributed by atoms with E-state index >= 15 is 0 Å². The average molecular weight is 381 g/mol. The molecule has 0 aromatic carbocycles. The van der Waals surface area contributed by atoms with Crippen molar-refractivity contribution in [3.8, 4) is 6.07 Å². The molecule has 2 fully saturated rings. The van der Waals surface area contributed by atoms with Crippen LogP contribution in [-0.2, 0) is 4.74 Å². The number of nitrogens with one attached hydrogen (secondary N) is 3. The van der Waals surface area contributed by atoms with Crippen LogP contribution in [0.3, 0.4) is 0 Å². The molecule has 0 radical (unpaired) electrons. The molecule has 9 heteroatoms. The number of carbonyl (C=O) groups is 1. The number of rotatable bonds is 5. The van der Waals surface area contributed by atoms with E-state index in [0.29, 0.717) is 11.6 Å². The number of H-pyrrole nitrogens is 1. The molecule has 2 aliphatic carbocycles. The van der Waals surface area contributed by atoms with Crippen LogP contribution >= 0.6 is 0 Å². The molecule has 4 rings (SSSR count). The molecule has 28 heavy (non-hydrogen) atoms. The fourth-order valence-electron chi connectivity index (χ4n) is 3.77. The Hall–Kier alpha value is -3.15. The first-order valence-corrected chi connectivity index (χ1v) is 9.56. The molecule has 9 nitrogen and oxygen atoms in total. The van der Waals surface area contributed by atoms with E-state index in [-0.39, 0.29) is 29.3 Å². The highest BCUT2D eigenvalue weighted by atomic mass is 16.6. The second kappa shape index (κ2) is 7.46. The minimum atomic E-state index is -0.309. The zero-order valence-electron chi connectivity index (χ0n) is 15.7. The number of nitriles is 1. The number of ether oxygens (including phenoxy) is 1. The molecule has 3 N–H and O–H groups in total. The van der Waals surface area contributed by atoms with Gasteiger partial charge in [0.2, 0.25) is 0 Å². The van der Waals surface area contributed by atoms with Crippen molar-refractivity contribution in [3.63, 3.8) is 0 Å². The molecule has 2 aromatic heterocycles. The number of carbonyl (C=O) groups excluding carboxylic acids is 1. The third-order valence-corrected chi connectivity index (χ3v) is 5.56. The van der Waals surface area contributed by atoms with Gasteiger partial charge in [0.25, 0.3) is 0 Å². The van der Waals surface area contributed by atoms with E-state index in [9.17, 15) is 4.79 Å². The lowest BCUT2D eigenvalue weighted by Gasteiger charge is -2.38. The summed E-state index contributed by atoms with van der Waals surface area (Å²) in [5.41, 5.74) is 1.11. The maximum atomic E-state index is 12.1. The molecule has 146 valence electrons. The van der Waals surface area contributed by atoms with Gasteiger partial charge in [-0.1, -0.05) is 0 Å². The second-order valence-electron chi connectivity index (χ2n) is 7.81. The Morgan fingerprint density at radius 3 is 2.89 bits per heavy atom. The number of hydrogen-bond acceptors (Lipinski definition) is 7. The number of aromatic amines is 1. The number of aromatic nitrogens is 4. The Bertz CT molecular complexity index is 882. The predicted octanol–water partition coefficient (Wildman–Crippen LogP) is 3.12. The maximum Gasteiger partial charge on any atom is 0.407 e. The molecule has 2 aliphatic rings. The molecule has 0 saturated heterocycles. The van der Waals surface area contributed by atoms with Crippen molar-refractivity contribution >= 4 is 17.7 Å². The van der Waals surface area contributed by atoms with Crippen molar-refractivity contribution in [2.45, 2.75) is 63.0 Å². The number of alkyl carbamates (subject to hydrolysis) is 1. The summed E-state index contributed by atoms with van der Waals surface area (Å²) < 4.78 is 5.61. The number of anilines is 2. The predicted molar refractivity (Wildman–Crippen MR) is 101 cm³/mol. The standard InChI is InChI=1S/C19H23N7O2/c1-19(5-2-6-19)24-18(27)28-14-4-3-12(7-14)15-8-16(26-25-15)23-17-11-21-13(9-20)10-22-17/h8,10-12,14H,2-7H2,1H3,(H,24,27)(H2,22,23,25,26)/t12-,14+/m0/s1. The molecule has 0 bridgehead atoms. The molecule has 0 unspecified atom stereocenters. The van der Waals surface area contributed by atoms with Crippen molar-refractivity contribution in [1.29, 1.82) is 5.26 Å². The molecule has 2 atom stereocenters. The van der Waals surface area contributed by atoms with E-state index in [2.05, 4.69) is 37.7 Å². The topological polar surface area (TPSA) is 129 Å². The number of amides is 1. The maximum absolute atomic E-state index is 12.1. The van der Waals surface area contributed by atoms with E-state index in [0.717, 1.165) is 44.2 Å². The van der Waals surface area contributed by atoms with Crippen LogP contribution in [0.1, 0.15) is 62.8 Å². The minimum Gasteiger partial charge on any atom is -0.446 e. The Morgan fingerprint density at radius 2 is 2.21 bits per heavy atom. The summed E-state index contributed by atoms with van der Waals surface area (Å²) in [4.78, 5) is 20.2. The minimum absolute atomic E-state index is 0.0776. The molecule has 2 aromatic rings. The molecule has 1 amide bonds. The number of hydrogen-bond donors (Lipinski definition) is 3. The molecular weight excluding hydrogens is 358 g/mol. The second-order valence-corrected chi connectivity index (χ2v) is 7.81. The van der Waals surface area contributed by atoms with Crippen LogP contribution in [0.15, 0.2) is 18.5 Å². The largest absolute Gasteiger partial charge is 0.446 e. The van der Waals surface area contributed by atoms with Gasteiger partial charge in [-0.3, -0.25) is 5.10 Å². The lowest BCUT2D eigenvalue weighted by atomic mass is 9.79. The van der Waals surface area contributed by atoms with Crippen molar-refractivity contribution in [2.24, 2.45) is 0 Å². The quantitative estimate of drug-likeness (QED) is 0.725. The Kier molecular flexibility index (Phi) is 4.86. The zero-order chi connectivity index (χ0) is 19.6. The first kappa shape index (κ1) is 18.2. The Morgan fingerprint density at radius 1 is 1.36 bits per heavy atom. The van der Waals surface area contributed by atoms with Gasteiger partial charge in [-0.25, -0.2) is 14.8 Å². The van der Waals surface area contributed by atoms with E-state index in [1.165, 1.54) is 12.4 Å². The third-order valence-electron chi connectivity index (χ3n) is 5.56. The fraction of sp³-hybridized carbons (Fsp3) is 0.526. The smallest absolute Gasteiger partial charge is 0.407 e. The highest BCUT2D eigenvalue weighted by Gasteiger charge is 2.35. The van der Waals surface area contributed by atoms with E-state index in [1.807, 2.05) is 12.1 Å². The molecule has 0 aliphatic heterocycles. The van der Waals surface area contributed by atoms with Gasteiger partial charge in [0.05, 0.1) is 18.1 Å². The van der Waals surface area contributed by atoms with Gasteiger partial charge in [0.1, 0.15) is 23.8 Å². The van der Waals surface area contributed by atoms with Gasteiger partial charge in [-0.2, -0.15) is 10.4 Å². The first-order valence-electron chi connectivity index (χ1n) is 9.56. The summed E-state index contributed by atoms with van der Waals surface area (Å²) in [6.07, 6.45) is 8.25. The summed E-state index contributed by atoms with van der Waals surface area (Å²) in [7, 11) is 0. The van der Waals surface area contributed by atoms with Crippen LogP contribution in [0.5, 0.6) is 0 Å². The van der Waals surface area contributed by atoms with Crippen molar-refractivity contribution in [1.82, 2.24) is 25.5 Å². The van der Waals surface area contributed by atoms with Crippen LogP contribution in [0.4, 0.5) is 16.4 Å². The van der Waals surface area contributed by atoms with Crippen LogP contribution < -0.4 is 10.6 Å². The zero-order valence-corrected chi connectivity index (χ0v) is 15.7. The highest BCUT2D eigenvalue weighted by molar-refractivity contribution is 5.68. The Labute approximate surface area is 162 Å². The number of nitrogens with zero attached hydrogens (tertiary/aromatic N) is 4. The molecule has 2 saturated carbocycles. The molecule has 0 spiro atoms. The highest BCUT2D eigenvalue weighted by Crippen LogP contribution is 2.36. The molecular formula is C19H23N7O2. The van der Waals surface area contributed by atoms with Gasteiger partial charge in [0, 0.05) is 17.5 Å². The van der Waals surface area contributed by atoms with Gasteiger partial charge in [-0.05, 0) is 45.4 Å². The van der Waals surface area contributed by atoms with Crippen LogP contribution in [0.2, 0.25) is 0 Å². The average Bonchev–Trinajstić information content (AvgIpc) is 3.30. The van der Waals surface area contributed by atoms with Gasteiger partial charge >= 0.3 is 6.09 Å². The summed E-state index contributed by atoms with van der Waals surface area (Å²) in [5, 5.41) is 22.2. The normalized spacial score (nSPS) is 22.7. The SMILES string of the molecule is CC1(NC(=O)O[C@@H]2CC[C@H](c3cc(Nc4cnc(C#N)cn4)[nH]n3)C2)CCC1.